The van der Waals surface area contributed by atoms with Crippen molar-refractivity contribution in [3.8, 4) is 5.88 Å². The van der Waals surface area contributed by atoms with Crippen LogP contribution in [0, 0.1) is 0 Å². The Morgan fingerprint density at radius 2 is 2.27 bits per heavy atom. The van der Waals surface area contributed by atoms with E-state index in [9.17, 15) is 4.79 Å². The molecule has 0 bridgehead atoms. The van der Waals surface area contributed by atoms with Crippen molar-refractivity contribution < 1.29 is 5.11 Å². The third-order valence-corrected chi connectivity index (χ3v) is 1.43. The van der Waals surface area contributed by atoms with Gasteiger partial charge in [-0.1, -0.05) is 13.3 Å². The third-order valence-electron chi connectivity index (χ3n) is 1.43. The molecule has 2 N–H and O–H groups in total. The normalized spacial score (nSPS) is 9.91. The molecule has 0 saturated carbocycles. The number of aromatic nitrogens is 1. The Labute approximate surface area is 64.7 Å². The zero-order chi connectivity index (χ0) is 8.27. The molecule has 0 aliphatic rings. The van der Waals surface area contributed by atoms with Gasteiger partial charge in [0, 0.05) is 12.1 Å². The molecule has 0 atom stereocenters. The Morgan fingerprint density at radius 1 is 1.55 bits per heavy atom. The largest absolute Gasteiger partial charge is 0.495 e. The van der Waals surface area contributed by atoms with Crippen molar-refractivity contribution in [1.82, 2.24) is 4.98 Å². The zero-order valence-corrected chi connectivity index (χ0v) is 6.42. The summed E-state index contributed by atoms with van der Waals surface area (Å²) in [4.78, 5) is 13.0. The molecule has 0 spiro atoms. The van der Waals surface area contributed by atoms with Gasteiger partial charge in [0.05, 0.1) is 0 Å². The van der Waals surface area contributed by atoms with E-state index in [1.54, 1.807) is 6.07 Å². The number of aromatic hydroxyl groups is 1. The van der Waals surface area contributed by atoms with Crippen LogP contribution in [0.2, 0.25) is 0 Å². The van der Waals surface area contributed by atoms with E-state index in [1.807, 2.05) is 6.92 Å². The van der Waals surface area contributed by atoms with E-state index in [1.165, 1.54) is 6.07 Å². The smallest absolute Gasteiger partial charge is 0.250 e. The van der Waals surface area contributed by atoms with Gasteiger partial charge in [0.1, 0.15) is 0 Å². The number of hydrogen-bond acceptors (Lipinski definition) is 2. The summed E-state index contributed by atoms with van der Waals surface area (Å²) in [6, 6.07) is 3.08. The first-order chi connectivity index (χ1) is 5.22. The lowest BCUT2D eigenvalue weighted by molar-refractivity contribution is 0.451. The lowest BCUT2D eigenvalue weighted by Crippen LogP contribution is -2.04. The predicted octanol–water partition coefficient (Wildman–Crippen LogP) is 1.03. The van der Waals surface area contributed by atoms with Crippen LogP contribution in [0.5, 0.6) is 5.88 Å². The predicted molar refractivity (Wildman–Crippen MR) is 42.7 cm³/mol. The molecule has 3 nitrogen and oxygen atoms in total. The summed E-state index contributed by atoms with van der Waals surface area (Å²) >= 11 is 0. The zero-order valence-electron chi connectivity index (χ0n) is 6.42. The summed E-state index contributed by atoms with van der Waals surface area (Å²) in [5, 5.41) is 8.96. The van der Waals surface area contributed by atoms with Crippen LogP contribution >= 0.6 is 0 Å². The summed E-state index contributed by atoms with van der Waals surface area (Å²) in [6.07, 6.45) is 1.81. The van der Waals surface area contributed by atoms with E-state index in [4.69, 9.17) is 5.11 Å². The van der Waals surface area contributed by atoms with Gasteiger partial charge in [-0.2, -0.15) is 0 Å². The van der Waals surface area contributed by atoms with E-state index in [0.717, 1.165) is 18.4 Å². The standard InChI is InChI=1S/C8H11NO2/c1-2-3-6-4-7(10)9-8(11)5-6/h4-5H,2-3H2,1H3,(H2,9,10,11). The second kappa shape index (κ2) is 3.23. The molecular formula is C8H11NO2. The summed E-state index contributed by atoms with van der Waals surface area (Å²) in [5.41, 5.74) is 0.641. The van der Waals surface area contributed by atoms with Crippen LogP contribution in [0.3, 0.4) is 0 Å². The molecule has 0 aliphatic heterocycles. The SMILES string of the molecule is CCCc1cc(O)[nH]c(=O)c1. The molecule has 1 heterocycles. The van der Waals surface area contributed by atoms with Gasteiger partial charge in [0.2, 0.25) is 0 Å². The molecular weight excluding hydrogens is 142 g/mol. The van der Waals surface area contributed by atoms with Gasteiger partial charge in [-0.3, -0.25) is 9.78 Å². The molecule has 0 radical (unpaired) electrons. The van der Waals surface area contributed by atoms with Crippen LogP contribution < -0.4 is 5.56 Å². The Bertz CT molecular complexity index is 290. The highest BCUT2D eigenvalue weighted by Gasteiger charge is 1.95. The van der Waals surface area contributed by atoms with Gasteiger partial charge in [-0.25, -0.2) is 0 Å². The maximum absolute atomic E-state index is 10.8. The van der Waals surface area contributed by atoms with Gasteiger partial charge in [-0.15, -0.1) is 0 Å². The highest BCUT2D eigenvalue weighted by molar-refractivity contribution is 5.19. The number of rotatable bonds is 2. The van der Waals surface area contributed by atoms with Crippen LogP contribution in [0.25, 0.3) is 0 Å². The van der Waals surface area contributed by atoms with Crippen molar-refractivity contribution in [1.29, 1.82) is 0 Å². The Morgan fingerprint density at radius 3 is 2.82 bits per heavy atom. The number of pyridine rings is 1. The highest BCUT2D eigenvalue weighted by Crippen LogP contribution is 2.05. The Hall–Kier alpha value is -1.25. The molecule has 1 aromatic heterocycles. The molecule has 0 amide bonds. The average molecular weight is 153 g/mol. The van der Waals surface area contributed by atoms with Gasteiger partial charge in [-0.05, 0) is 12.0 Å². The van der Waals surface area contributed by atoms with Crippen molar-refractivity contribution in [2.24, 2.45) is 0 Å². The number of aromatic amines is 1. The van der Waals surface area contributed by atoms with Crippen molar-refractivity contribution >= 4 is 0 Å². The molecule has 1 rings (SSSR count). The summed E-state index contributed by atoms with van der Waals surface area (Å²) < 4.78 is 0. The molecule has 1 aromatic rings. The first-order valence-corrected chi connectivity index (χ1v) is 3.64. The minimum Gasteiger partial charge on any atom is -0.495 e. The fourth-order valence-electron chi connectivity index (χ4n) is 1.02. The van der Waals surface area contributed by atoms with Crippen LogP contribution in [0.15, 0.2) is 16.9 Å². The average Bonchev–Trinajstić information content (AvgIpc) is 1.85. The topological polar surface area (TPSA) is 53.1 Å². The molecule has 0 unspecified atom stereocenters. The van der Waals surface area contributed by atoms with E-state index < -0.39 is 0 Å². The quantitative estimate of drug-likeness (QED) is 0.666. The molecule has 60 valence electrons. The van der Waals surface area contributed by atoms with Gasteiger partial charge >= 0.3 is 0 Å². The van der Waals surface area contributed by atoms with Crippen LogP contribution in [-0.2, 0) is 6.42 Å². The van der Waals surface area contributed by atoms with E-state index >= 15 is 0 Å². The molecule has 3 heteroatoms. The van der Waals surface area contributed by atoms with Crippen molar-refractivity contribution in [2.75, 3.05) is 0 Å². The summed E-state index contributed by atoms with van der Waals surface area (Å²) in [7, 11) is 0. The third kappa shape index (κ3) is 2.11. The molecule has 0 aromatic carbocycles. The Kier molecular flexibility index (Phi) is 2.31. The van der Waals surface area contributed by atoms with Crippen molar-refractivity contribution in [3.63, 3.8) is 0 Å². The number of H-pyrrole nitrogens is 1. The number of nitrogens with one attached hydrogen (secondary N) is 1. The fourth-order valence-corrected chi connectivity index (χ4v) is 1.02. The molecule has 0 saturated heterocycles. The van der Waals surface area contributed by atoms with Gasteiger partial charge < -0.3 is 5.11 Å². The van der Waals surface area contributed by atoms with E-state index in [-0.39, 0.29) is 11.4 Å². The number of aryl methyl sites for hydroxylation is 1. The molecule has 11 heavy (non-hydrogen) atoms. The second-order valence-electron chi connectivity index (χ2n) is 2.49. The van der Waals surface area contributed by atoms with E-state index in [2.05, 4.69) is 4.98 Å². The highest BCUT2D eigenvalue weighted by atomic mass is 16.3. The fraction of sp³-hybridized carbons (Fsp3) is 0.375. The first-order valence-electron chi connectivity index (χ1n) is 3.64. The lowest BCUT2D eigenvalue weighted by Gasteiger charge is -1.97. The lowest BCUT2D eigenvalue weighted by atomic mass is 10.1. The maximum Gasteiger partial charge on any atom is 0.250 e. The van der Waals surface area contributed by atoms with Crippen LogP contribution in [0.4, 0.5) is 0 Å². The van der Waals surface area contributed by atoms with Crippen LogP contribution in [0.1, 0.15) is 18.9 Å². The molecule has 0 fully saturated rings. The van der Waals surface area contributed by atoms with Crippen molar-refractivity contribution in [3.05, 3.63) is 28.0 Å². The Balaban J connectivity index is 2.99. The van der Waals surface area contributed by atoms with E-state index in [0.29, 0.717) is 0 Å². The molecule has 0 aliphatic carbocycles. The first kappa shape index (κ1) is 7.85. The number of hydrogen-bond donors (Lipinski definition) is 2. The van der Waals surface area contributed by atoms with Gasteiger partial charge in [0.25, 0.3) is 5.56 Å². The monoisotopic (exact) mass is 153 g/mol. The summed E-state index contributed by atoms with van der Waals surface area (Å²) in [6.45, 7) is 2.03. The minimum atomic E-state index is -0.242. The second-order valence-corrected chi connectivity index (χ2v) is 2.49. The van der Waals surface area contributed by atoms with Gasteiger partial charge in [0.15, 0.2) is 5.88 Å². The van der Waals surface area contributed by atoms with Crippen molar-refractivity contribution in [2.45, 2.75) is 19.8 Å². The maximum atomic E-state index is 10.8. The van der Waals surface area contributed by atoms with Crippen LogP contribution in [-0.4, -0.2) is 10.1 Å². The minimum absolute atomic E-state index is 0.0547. The summed E-state index contributed by atoms with van der Waals surface area (Å²) in [5.74, 6) is -0.0547.